The molecule has 1 saturated heterocycles. The molecule has 4 nitrogen and oxygen atoms in total. The molecule has 0 N–H and O–H groups in total. The van der Waals surface area contributed by atoms with Crippen molar-refractivity contribution in [1.29, 1.82) is 0 Å². The Labute approximate surface area is 138 Å². The van der Waals surface area contributed by atoms with E-state index in [-0.39, 0.29) is 11.7 Å². The van der Waals surface area contributed by atoms with Crippen molar-refractivity contribution in [3.8, 4) is 0 Å². The van der Waals surface area contributed by atoms with Crippen LogP contribution in [0.4, 0.5) is 4.39 Å². The molecule has 2 unspecified atom stereocenters. The number of piperazine rings is 1. The molecule has 0 saturated carbocycles. The molecule has 0 bridgehead atoms. The molecule has 2 rings (SSSR count). The number of nitrogens with zero attached hydrogens (tertiary/aromatic N) is 2. The first kappa shape index (κ1) is 17.9. The maximum absolute atomic E-state index is 13.6. The Morgan fingerprint density at radius 1 is 1.26 bits per heavy atom. The molecule has 1 aromatic carbocycles. The van der Waals surface area contributed by atoms with Crippen molar-refractivity contribution in [2.75, 3.05) is 33.4 Å². The maximum atomic E-state index is 13.6. The van der Waals surface area contributed by atoms with Crippen molar-refractivity contribution in [2.45, 2.75) is 38.8 Å². The van der Waals surface area contributed by atoms with Gasteiger partial charge in [0.1, 0.15) is 5.82 Å². The number of ether oxygens (including phenoxy) is 1. The summed E-state index contributed by atoms with van der Waals surface area (Å²) in [6, 6.07) is 7.29. The van der Waals surface area contributed by atoms with Gasteiger partial charge in [-0.1, -0.05) is 18.2 Å². The Balaban J connectivity index is 1.87. The summed E-state index contributed by atoms with van der Waals surface area (Å²) in [5.41, 5.74) is 0.612. The smallest absolute Gasteiger partial charge is 0.223 e. The number of amides is 1. The summed E-state index contributed by atoms with van der Waals surface area (Å²) in [6.07, 6.45) is 0.816. The standard InChI is InChI=1S/C18H27FN2O2/c1-14-12-20(13-15(2)21(14)10-11-23-3)18(22)9-8-16-6-4-5-7-17(16)19/h4-7,14-15H,8-13H2,1-3H3. The number of carbonyl (C=O) groups is 1. The summed E-state index contributed by atoms with van der Waals surface area (Å²) in [5.74, 6) is -0.121. The highest BCUT2D eigenvalue weighted by molar-refractivity contribution is 5.76. The van der Waals surface area contributed by atoms with Gasteiger partial charge in [-0.3, -0.25) is 9.69 Å². The molecule has 1 amide bonds. The number of aryl methyl sites for hydroxylation is 1. The summed E-state index contributed by atoms with van der Waals surface area (Å²) < 4.78 is 18.8. The average Bonchev–Trinajstić information content (AvgIpc) is 2.53. The molecule has 1 aromatic rings. The van der Waals surface area contributed by atoms with Gasteiger partial charge in [-0.05, 0) is 31.9 Å². The third-order valence-electron chi connectivity index (χ3n) is 4.57. The minimum atomic E-state index is -0.230. The molecule has 1 aliphatic heterocycles. The van der Waals surface area contributed by atoms with Crippen molar-refractivity contribution in [3.05, 3.63) is 35.6 Å². The summed E-state index contributed by atoms with van der Waals surface area (Å²) >= 11 is 0. The van der Waals surface area contributed by atoms with E-state index < -0.39 is 0 Å². The third kappa shape index (κ3) is 4.75. The Hall–Kier alpha value is -1.46. The van der Waals surface area contributed by atoms with E-state index in [0.717, 1.165) is 19.6 Å². The predicted molar refractivity (Wildman–Crippen MR) is 88.8 cm³/mol. The van der Waals surface area contributed by atoms with E-state index in [0.29, 0.717) is 37.1 Å². The van der Waals surface area contributed by atoms with Crippen molar-refractivity contribution in [2.24, 2.45) is 0 Å². The van der Waals surface area contributed by atoms with Gasteiger partial charge in [0.05, 0.1) is 6.61 Å². The lowest BCUT2D eigenvalue weighted by atomic mass is 10.1. The van der Waals surface area contributed by atoms with Crippen LogP contribution in [0.2, 0.25) is 0 Å². The number of hydrogen-bond acceptors (Lipinski definition) is 3. The van der Waals surface area contributed by atoms with Crippen LogP contribution in [0, 0.1) is 5.82 Å². The van der Waals surface area contributed by atoms with Crippen molar-refractivity contribution in [1.82, 2.24) is 9.80 Å². The SMILES string of the molecule is COCCN1C(C)CN(C(=O)CCc2ccccc2F)CC1C. The van der Waals surface area contributed by atoms with Crippen LogP contribution >= 0.6 is 0 Å². The van der Waals surface area contributed by atoms with Crippen molar-refractivity contribution >= 4 is 5.91 Å². The molecule has 0 spiro atoms. The lowest BCUT2D eigenvalue weighted by molar-refractivity contribution is -0.135. The number of methoxy groups -OCH3 is 1. The second-order valence-electron chi connectivity index (χ2n) is 6.32. The van der Waals surface area contributed by atoms with Gasteiger partial charge in [0.25, 0.3) is 0 Å². The minimum absolute atomic E-state index is 0.110. The van der Waals surface area contributed by atoms with Crippen LogP contribution in [0.25, 0.3) is 0 Å². The Kier molecular flexibility index (Phi) is 6.54. The molecular weight excluding hydrogens is 295 g/mol. The van der Waals surface area contributed by atoms with Crippen LogP contribution in [-0.4, -0.2) is 61.1 Å². The van der Waals surface area contributed by atoms with E-state index in [1.807, 2.05) is 11.0 Å². The van der Waals surface area contributed by atoms with Crippen molar-refractivity contribution < 1.29 is 13.9 Å². The predicted octanol–water partition coefficient (Wildman–Crippen LogP) is 2.33. The third-order valence-corrected chi connectivity index (χ3v) is 4.57. The molecule has 5 heteroatoms. The fraction of sp³-hybridized carbons (Fsp3) is 0.611. The van der Waals surface area contributed by atoms with E-state index in [1.54, 1.807) is 19.2 Å². The molecule has 128 valence electrons. The zero-order chi connectivity index (χ0) is 16.8. The van der Waals surface area contributed by atoms with Gasteiger partial charge in [-0.25, -0.2) is 4.39 Å². The highest BCUT2D eigenvalue weighted by Gasteiger charge is 2.31. The normalized spacial score (nSPS) is 22.3. The largest absolute Gasteiger partial charge is 0.383 e. The summed E-state index contributed by atoms with van der Waals surface area (Å²) in [6.45, 7) is 7.32. The van der Waals surface area contributed by atoms with Gasteiger partial charge in [-0.2, -0.15) is 0 Å². The van der Waals surface area contributed by atoms with E-state index in [9.17, 15) is 9.18 Å². The number of benzene rings is 1. The first-order chi connectivity index (χ1) is 11.0. The first-order valence-corrected chi connectivity index (χ1v) is 8.28. The zero-order valence-corrected chi connectivity index (χ0v) is 14.3. The quantitative estimate of drug-likeness (QED) is 0.806. The van der Waals surface area contributed by atoms with Crippen LogP contribution in [0.5, 0.6) is 0 Å². The van der Waals surface area contributed by atoms with E-state index in [4.69, 9.17) is 4.74 Å². The number of rotatable bonds is 6. The average molecular weight is 322 g/mol. The molecule has 0 radical (unpaired) electrons. The molecular formula is C18H27FN2O2. The summed E-state index contributed by atoms with van der Waals surface area (Å²) in [7, 11) is 1.71. The van der Waals surface area contributed by atoms with E-state index in [2.05, 4.69) is 18.7 Å². The molecule has 1 aliphatic rings. The Morgan fingerprint density at radius 3 is 2.52 bits per heavy atom. The van der Waals surface area contributed by atoms with Gasteiger partial charge in [0.2, 0.25) is 5.91 Å². The fourth-order valence-electron chi connectivity index (χ4n) is 3.30. The van der Waals surface area contributed by atoms with Crippen molar-refractivity contribution in [3.63, 3.8) is 0 Å². The van der Waals surface area contributed by atoms with Crippen LogP contribution in [0.1, 0.15) is 25.8 Å². The summed E-state index contributed by atoms with van der Waals surface area (Å²) in [4.78, 5) is 16.8. The number of hydrogen-bond donors (Lipinski definition) is 0. The van der Waals surface area contributed by atoms with E-state index >= 15 is 0 Å². The molecule has 1 heterocycles. The molecule has 1 fully saturated rings. The topological polar surface area (TPSA) is 32.8 Å². The van der Waals surface area contributed by atoms with Gasteiger partial charge in [0, 0.05) is 45.2 Å². The van der Waals surface area contributed by atoms with E-state index in [1.165, 1.54) is 6.07 Å². The zero-order valence-electron chi connectivity index (χ0n) is 14.3. The maximum Gasteiger partial charge on any atom is 0.223 e. The van der Waals surface area contributed by atoms with Gasteiger partial charge >= 0.3 is 0 Å². The molecule has 2 atom stereocenters. The Bertz CT molecular complexity index is 511. The first-order valence-electron chi connectivity index (χ1n) is 8.28. The van der Waals surface area contributed by atoms with Crippen LogP contribution in [-0.2, 0) is 16.0 Å². The molecule has 0 aliphatic carbocycles. The van der Waals surface area contributed by atoms with Crippen LogP contribution in [0.3, 0.4) is 0 Å². The van der Waals surface area contributed by atoms with Gasteiger partial charge in [-0.15, -0.1) is 0 Å². The monoisotopic (exact) mass is 322 g/mol. The Morgan fingerprint density at radius 2 is 1.91 bits per heavy atom. The molecule has 23 heavy (non-hydrogen) atoms. The van der Waals surface area contributed by atoms with Crippen LogP contribution < -0.4 is 0 Å². The number of halogens is 1. The van der Waals surface area contributed by atoms with Crippen LogP contribution in [0.15, 0.2) is 24.3 Å². The lowest BCUT2D eigenvalue weighted by Crippen LogP contribution is -2.58. The second-order valence-corrected chi connectivity index (χ2v) is 6.32. The lowest BCUT2D eigenvalue weighted by Gasteiger charge is -2.44. The second kappa shape index (κ2) is 8.41. The van der Waals surface area contributed by atoms with Gasteiger partial charge < -0.3 is 9.64 Å². The molecule has 0 aromatic heterocycles. The highest BCUT2D eigenvalue weighted by atomic mass is 19.1. The van der Waals surface area contributed by atoms with Gasteiger partial charge in [0.15, 0.2) is 0 Å². The number of carbonyl (C=O) groups excluding carboxylic acids is 1. The summed E-state index contributed by atoms with van der Waals surface area (Å²) in [5, 5.41) is 0. The fourth-order valence-corrected chi connectivity index (χ4v) is 3.30. The highest BCUT2D eigenvalue weighted by Crippen LogP contribution is 2.17. The minimum Gasteiger partial charge on any atom is -0.383 e.